The Morgan fingerprint density at radius 3 is 0.866 bits per heavy atom. The molecule has 0 fully saturated rings. The molecule has 3 aliphatic rings. The largest absolute Gasteiger partial charge is 0.310 e. The van der Waals surface area contributed by atoms with Crippen LogP contribution < -0.4 is 26.2 Å². The van der Waals surface area contributed by atoms with Crippen LogP contribution >= 0.6 is 0 Å². The van der Waals surface area contributed by atoms with Gasteiger partial charge in [-0.1, -0.05) is 386 Å². The van der Waals surface area contributed by atoms with Gasteiger partial charge in [0, 0.05) is 94.4 Å². The highest BCUT2D eigenvalue weighted by molar-refractivity contribution is 7.00. The van der Waals surface area contributed by atoms with Crippen LogP contribution in [-0.4, -0.2) is 20.4 Å². The van der Waals surface area contributed by atoms with Crippen molar-refractivity contribution >= 4 is 123 Å². The van der Waals surface area contributed by atoms with Gasteiger partial charge in [0.15, 0.2) is 0 Å². The van der Waals surface area contributed by atoms with Crippen LogP contribution in [0.25, 0.3) is 194 Å². The molecule has 13 bridgehead atoms. The molecule has 6 heteroatoms. The quantitative estimate of drug-likeness (QED) is 0.134. The Kier molecular flexibility index (Phi) is 19.7. The van der Waals surface area contributed by atoms with Gasteiger partial charge in [0.2, 0.25) is 0 Å². The number of hydrogen-bond donors (Lipinski definition) is 0. The van der Waals surface area contributed by atoms with Crippen molar-refractivity contribution in [3.63, 3.8) is 0 Å². The maximum absolute atomic E-state index is 2.80. The summed E-state index contributed by atoms with van der Waals surface area (Å²) >= 11 is 0. The molecule has 3 aromatic heterocycles. The molecule has 26 rings (SSSR count). The van der Waals surface area contributed by atoms with Crippen molar-refractivity contribution in [1.82, 2.24) is 13.7 Å². The normalized spacial score (nSPS) is 12.9. The number of fused-ring (bicyclic) bond motifs is 26. The van der Waals surface area contributed by atoms with E-state index in [2.05, 4.69) is 543 Å². The number of rotatable bonds is 9. The molecule has 5 nitrogen and oxygen atoms in total. The fraction of sp³-hybridized carbons (Fsp3) is 0.118. The van der Waals surface area contributed by atoms with Crippen molar-refractivity contribution in [3.8, 4) is 128 Å². The molecule has 0 saturated heterocycles. The van der Waals surface area contributed by atoms with Crippen LogP contribution in [0.4, 0.5) is 34.1 Å². The molecule has 0 amide bonds. The maximum atomic E-state index is 2.80. The van der Waals surface area contributed by atoms with E-state index in [0.29, 0.717) is 0 Å². The highest BCUT2D eigenvalue weighted by atomic mass is 15.2. The van der Waals surface area contributed by atoms with Gasteiger partial charge >= 0.3 is 0 Å². The van der Waals surface area contributed by atoms with Crippen molar-refractivity contribution in [3.05, 3.63) is 459 Å². The first-order chi connectivity index (χ1) is 68.9. The molecule has 0 spiro atoms. The summed E-state index contributed by atoms with van der Waals surface area (Å²) in [5.74, 6) is 0. The van der Waals surface area contributed by atoms with Gasteiger partial charge in [0.05, 0.1) is 44.5 Å². The summed E-state index contributed by atoms with van der Waals surface area (Å²) in [4.78, 5) is 5.60. The molecule has 23 aromatic rings. The van der Waals surface area contributed by atoms with Crippen molar-refractivity contribution in [1.29, 1.82) is 0 Å². The lowest BCUT2D eigenvalue weighted by molar-refractivity contribution is 0.590. The van der Waals surface area contributed by atoms with Crippen molar-refractivity contribution in [2.75, 3.05) is 9.80 Å². The average molecular weight is 1820 g/mol. The third kappa shape index (κ3) is 14.2. The molecule has 0 unspecified atom stereocenters. The van der Waals surface area contributed by atoms with E-state index in [4.69, 9.17) is 0 Å². The average Bonchev–Trinajstić information content (AvgIpc) is 1.34. The summed E-state index contributed by atoms with van der Waals surface area (Å²) in [5.41, 5.74) is 46.9. The zero-order chi connectivity index (χ0) is 96.1. The second-order valence-electron chi connectivity index (χ2n) is 43.7. The Morgan fingerprint density at radius 2 is 0.458 bits per heavy atom. The molecule has 6 heterocycles. The molecule has 680 valence electrons. The van der Waals surface area contributed by atoms with Crippen LogP contribution in [0.1, 0.15) is 105 Å². The van der Waals surface area contributed by atoms with Gasteiger partial charge in [-0.25, -0.2) is 0 Å². The van der Waals surface area contributed by atoms with Gasteiger partial charge in [-0.2, -0.15) is 0 Å². The Hall–Kier alpha value is -16.5. The molecule has 142 heavy (non-hydrogen) atoms. The Bertz CT molecular complexity index is 8610. The van der Waals surface area contributed by atoms with Gasteiger partial charge < -0.3 is 23.5 Å². The molecule has 3 aliphatic heterocycles. The molecule has 0 saturated carbocycles. The standard InChI is InChI=1S/C136H108BN5/c1-133(2,3)101-44-31-45-105(76-101)138-122-68-60-95-72-116(122)117-73-96(61-69-123(117)138)94-41-30-43-100(71-94)115-80-103(135(7,8)9)78-113(92-56-52-90(53-57-92)86-34-19-14-20-35-86)132(115)142-127-84-107(140-121-49-28-26-47-109(121)111-65-59-98(75-125(111)140)88-38-23-16-24-39-88)63-67-119(127)137-118-66-62-106(139-120-48-27-25-46-108(120)110-64-58-97(74-124(110)139)87-36-21-15-22-37-87)83-126(118)141(128-81-104(136(10,11)12)82-129(142)130(128)137)131-112(91-54-50-89(51-55-91)85-32-17-13-18-33-85)77-102(134(4,5)6)79-114(131)99-42-29-40-93(95)70-99/h13-84H,1-12H3. The van der Waals surface area contributed by atoms with Crippen molar-refractivity contribution in [2.45, 2.75) is 105 Å². The zero-order valence-corrected chi connectivity index (χ0v) is 82.4. The lowest BCUT2D eigenvalue weighted by atomic mass is 9.33. The number of hydrogen-bond acceptors (Lipinski definition) is 2. The van der Waals surface area contributed by atoms with Gasteiger partial charge in [0.1, 0.15) is 0 Å². The van der Waals surface area contributed by atoms with E-state index in [1.165, 1.54) is 93.2 Å². The molecule has 0 radical (unpaired) electrons. The second kappa shape index (κ2) is 32.5. The van der Waals surface area contributed by atoms with Crippen molar-refractivity contribution in [2.24, 2.45) is 0 Å². The van der Waals surface area contributed by atoms with E-state index >= 15 is 0 Å². The minimum Gasteiger partial charge on any atom is -0.310 e. The summed E-state index contributed by atoms with van der Waals surface area (Å²) in [5, 5.41) is 7.16. The summed E-state index contributed by atoms with van der Waals surface area (Å²) in [7, 11) is 0. The first-order valence-corrected chi connectivity index (χ1v) is 50.3. The minimum absolute atomic E-state index is 0.0870. The third-order valence-electron chi connectivity index (χ3n) is 30.7. The van der Waals surface area contributed by atoms with Gasteiger partial charge in [-0.15, -0.1) is 0 Å². The fourth-order valence-electron chi connectivity index (χ4n) is 23.2. The molecular formula is C136H108BN5. The number of benzene rings is 20. The maximum Gasteiger partial charge on any atom is 0.252 e. The monoisotopic (exact) mass is 1820 g/mol. The molecular weight excluding hydrogens is 1710 g/mol. The van der Waals surface area contributed by atoms with E-state index in [1.54, 1.807) is 0 Å². The van der Waals surface area contributed by atoms with Gasteiger partial charge in [-0.3, -0.25) is 0 Å². The smallest absolute Gasteiger partial charge is 0.252 e. The molecule has 0 atom stereocenters. The Labute approximate surface area is 832 Å². The number of aromatic nitrogens is 3. The first-order valence-electron chi connectivity index (χ1n) is 50.3. The highest BCUT2D eigenvalue weighted by Crippen LogP contribution is 2.58. The van der Waals surface area contributed by atoms with Gasteiger partial charge in [0.25, 0.3) is 6.71 Å². The Balaban J connectivity index is 0.855. The fourth-order valence-corrected chi connectivity index (χ4v) is 23.2. The predicted octanol–water partition coefficient (Wildman–Crippen LogP) is 35.2. The van der Waals surface area contributed by atoms with Crippen LogP contribution in [-0.2, 0) is 21.7 Å². The Morgan fingerprint density at radius 1 is 0.169 bits per heavy atom. The molecule has 0 aliphatic carbocycles. The minimum atomic E-state index is -0.445. The molecule has 0 N–H and O–H groups in total. The van der Waals surface area contributed by atoms with E-state index in [0.717, 1.165) is 173 Å². The van der Waals surface area contributed by atoms with Gasteiger partial charge in [-0.05, 0) is 283 Å². The summed E-state index contributed by atoms with van der Waals surface area (Å²) < 4.78 is 7.65. The lowest BCUT2D eigenvalue weighted by Crippen LogP contribution is -2.61. The number of nitrogens with zero attached hydrogens (tertiary/aromatic N) is 5. The van der Waals surface area contributed by atoms with E-state index in [-0.39, 0.29) is 23.0 Å². The first kappa shape index (κ1) is 85.9. The lowest BCUT2D eigenvalue weighted by Gasteiger charge is -2.47. The van der Waals surface area contributed by atoms with E-state index in [1.807, 2.05) is 0 Å². The summed E-state index contributed by atoms with van der Waals surface area (Å²) in [6, 6.07) is 169. The molecule has 20 aromatic carbocycles. The van der Waals surface area contributed by atoms with Crippen LogP contribution in [0.15, 0.2) is 437 Å². The third-order valence-corrected chi connectivity index (χ3v) is 30.7. The van der Waals surface area contributed by atoms with Crippen LogP contribution in [0, 0.1) is 0 Å². The van der Waals surface area contributed by atoms with Crippen LogP contribution in [0.5, 0.6) is 0 Å². The SMILES string of the molecule is CC(C)(C)c1cccc(-n2c3ccc4cc3c3cc(ccc32)-c2cccc(c2)-c2cc(C(C)(C)C)cc(-c3ccc(-c5ccccc5)cc3)c2N2c3cc(-n5c6ccccc6c6ccc(-c7ccccc7)cc65)ccc3B3c5ccc(-n6c7ccccc7c7ccc(-c8ccccc8)cc76)cc5N(c5cc(C(C)(C)C)cc2c53)c2c(-c3ccc(-c5ccccc5)cc3)cc(C(C)(C)C)cc2-c2cccc-4c2)c1. The van der Waals surface area contributed by atoms with Crippen LogP contribution in [0.3, 0.4) is 0 Å². The zero-order valence-electron chi connectivity index (χ0n) is 82.4. The topological polar surface area (TPSA) is 21.3 Å². The summed E-state index contributed by atoms with van der Waals surface area (Å²) in [6.45, 7) is 28.3. The predicted molar refractivity (Wildman–Crippen MR) is 606 cm³/mol. The number of para-hydroxylation sites is 2. The number of anilines is 6. The highest BCUT2D eigenvalue weighted by Gasteiger charge is 2.47. The second-order valence-corrected chi connectivity index (χ2v) is 43.7. The summed E-state index contributed by atoms with van der Waals surface area (Å²) in [6.07, 6.45) is 0. The van der Waals surface area contributed by atoms with E-state index < -0.39 is 5.41 Å². The van der Waals surface area contributed by atoms with Crippen LogP contribution in [0.2, 0.25) is 0 Å². The van der Waals surface area contributed by atoms with E-state index in [9.17, 15) is 0 Å². The van der Waals surface area contributed by atoms with Crippen molar-refractivity contribution < 1.29 is 0 Å².